The molecule has 102 valence electrons. The Labute approximate surface area is 115 Å². The molecule has 1 amide bonds. The summed E-state index contributed by atoms with van der Waals surface area (Å²) in [5, 5.41) is 3.37. The summed E-state index contributed by atoms with van der Waals surface area (Å²) in [6, 6.07) is 8.16. The van der Waals surface area contributed by atoms with Gasteiger partial charge in [-0.15, -0.1) is 0 Å². The number of carbonyl (C=O) groups excluding carboxylic acids is 1. The number of benzene rings is 1. The smallest absolute Gasteiger partial charge is 0.245 e. The molecule has 3 heteroatoms. The van der Waals surface area contributed by atoms with Crippen molar-refractivity contribution >= 4 is 11.6 Å². The molecule has 0 bridgehead atoms. The van der Waals surface area contributed by atoms with Gasteiger partial charge >= 0.3 is 0 Å². The van der Waals surface area contributed by atoms with E-state index in [9.17, 15) is 4.79 Å². The number of anilines is 1. The highest BCUT2D eigenvalue weighted by molar-refractivity contribution is 5.87. The van der Waals surface area contributed by atoms with Crippen molar-refractivity contribution in [3.63, 3.8) is 0 Å². The zero-order valence-electron chi connectivity index (χ0n) is 11.8. The van der Waals surface area contributed by atoms with Crippen molar-refractivity contribution in [2.24, 2.45) is 5.41 Å². The van der Waals surface area contributed by atoms with Crippen molar-refractivity contribution in [2.75, 3.05) is 18.4 Å². The van der Waals surface area contributed by atoms with Crippen LogP contribution in [0, 0.1) is 5.41 Å². The molecule has 0 radical (unpaired) electrons. The van der Waals surface area contributed by atoms with Crippen LogP contribution >= 0.6 is 0 Å². The molecular weight excluding hydrogens is 236 g/mol. The van der Waals surface area contributed by atoms with Crippen LogP contribution in [-0.2, 0) is 11.2 Å². The summed E-state index contributed by atoms with van der Waals surface area (Å²) in [5.41, 5.74) is 2.65. The summed E-state index contributed by atoms with van der Waals surface area (Å²) in [6.07, 6.45) is 3.17. The molecule has 3 nitrogen and oxygen atoms in total. The Kier molecular flexibility index (Phi) is 3.00. The van der Waals surface area contributed by atoms with Crippen LogP contribution in [-0.4, -0.2) is 29.9 Å². The summed E-state index contributed by atoms with van der Waals surface area (Å²) < 4.78 is 0. The van der Waals surface area contributed by atoms with Gasteiger partial charge in [-0.2, -0.15) is 0 Å². The monoisotopic (exact) mass is 258 g/mol. The first-order valence-electron chi connectivity index (χ1n) is 7.18. The molecule has 0 saturated carbocycles. The molecular formula is C16H22N2O. The lowest BCUT2D eigenvalue weighted by Gasteiger charge is -2.39. The molecule has 2 heterocycles. The van der Waals surface area contributed by atoms with Crippen LogP contribution in [0.15, 0.2) is 24.3 Å². The zero-order chi connectivity index (χ0) is 13.5. The fourth-order valence-corrected chi connectivity index (χ4v) is 3.28. The molecule has 19 heavy (non-hydrogen) atoms. The second kappa shape index (κ2) is 4.55. The molecule has 1 atom stereocenters. The van der Waals surface area contributed by atoms with Gasteiger partial charge in [-0.25, -0.2) is 0 Å². The predicted octanol–water partition coefficient (Wildman–Crippen LogP) is 2.67. The third-order valence-corrected chi connectivity index (χ3v) is 4.28. The fraction of sp³-hybridized carbons (Fsp3) is 0.562. The van der Waals surface area contributed by atoms with Crippen LogP contribution in [0.1, 0.15) is 32.3 Å². The molecule has 1 aromatic carbocycles. The first-order chi connectivity index (χ1) is 9.05. The van der Waals surface area contributed by atoms with E-state index in [4.69, 9.17) is 0 Å². The maximum Gasteiger partial charge on any atom is 0.245 e. The van der Waals surface area contributed by atoms with E-state index in [1.165, 1.54) is 12.0 Å². The van der Waals surface area contributed by atoms with Crippen molar-refractivity contribution in [3.05, 3.63) is 29.8 Å². The normalized spacial score (nSPS) is 24.7. The van der Waals surface area contributed by atoms with Gasteiger partial charge in [0.05, 0.1) is 0 Å². The molecule has 1 fully saturated rings. The summed E-state index contributed by atoms with van der Waals surface area (Å²) in [7, 11) is 0. The standard InChI is InChI=1S/C16H22N2O/c1-16(2)8-5-9-18(11-16)15(19)14-10-12-6-3-4-7-13(12)17-14/h3-4,6-7,14,17H,5,8-11H2,1-2H3/t14-/m0/s1. The Morgan fingerprint density at radius 2 is 2.16 bits per heavy atom. The Balaban J connectivity index is 1.70. The SMILES string of the molecule is CC1(C)CCCN(C(=O)[C@@H]2Cc3ccccc3N2)C1. The van der Waals surface area contributed by atoms with Crippen molar-refractivity contribution < 1.29 is 4.79 Å². The van der Waals surface area contributed by atoms with Crippen molar-refractivity contribution in [1.29, 1.82) is 0 Å². The van der Waals surface area contributed by atoms with Crippen LogP contribution in [0.2, 0.25) is 0 Å². The molecule has 1 N–H and O–H groups in total. The van der Waals surface area contributed by atoms with Crippen molar-refractivity contribution in [1.82, 2.24) is 4.90 Å². The second-order valence-electron chi connectivity index (χ2n) is 6.59. The average Bonchev–Trinajstić information content (AvgIpc) is 2.80. The first kappa shape index (κ1) is 12.5. The molecule has 1 aromatic rings. The number of nitrogens with zero attached hydrogens (tertiary/aromatic N) is 1. The van der Waals surface area contributed by atoms with E-state index < -0.39 is 0 Å². The highest BCUT2D eigenvalue weighted by atomic mass is 16.2. The van der Waals surface area contributed by atoms with Crippen LogP contribution in [0.4, 0.5) is 5.69 Å². The summed E-state index contributed by atoms with van der Waals surface area (Å²) in [5.74, 6) is 0.268. The number of hydrogen-bond acceptors (Lipinski definition) is 2. The highest BCUT2D eigenvalue weighted by Gasteiger charge is 2.34. The summed E-state index contributed by atoms with van der Waals surface area (Å²) in [4.78, 5) is 14.7. The first-order valence-corrected chi connectivity index (χ1v) is 7.18. The number of para-hydroxylation sites is 1. The lowest BCUT2D eigenvalue weighted by molar-refractivity contribution is -0.134. The van der Waals surface area contributed by atoms with E-state index in [0.717, 1.165) is 31.6 Å². The summed E-state index contributed by atoms with van der Waals surface area (Å²) >= 11 is 0. The average molecular weight is 258 g/mol. The quantitative estimate of drug-likeness (QED) is 0.840. The number of nitrogens with one attached hydrogen (secondary N) is 1. The van der Waals surface area contributed by atoms with Gasteiger partial charge in [-0.3, -0.25) is 4.79 Å². The van der Waals surface area contributed by atoms with E-state index >= 15 is 0 Å². The predicted molar refractivity (Wildman–Crippen MR) is 77.2 cm³/mol. The Bertz CT molecular complexity index is 470. The minimum atomic E-state index is -0.0636. The van der Waals surface area contributed by atoms with E-state index in [1.54, 1.807) is 0 Å². The van der Waals surface area contributed by atoms with Gasteiger partial charge in [-0.05, 0) is 29.9 Å². The van der Waals surface area contributed by atoms with Gasteiger partial charge in [0.25, 0.3) is 0 Å². The van der Waals surface area contributed by atoms with Crippen molar-refractivity contribution in [2.45, 2.75) is 39.2 Å². The van der Waals surface area contributed by atoms with Crippen LogP contribution in [0.5, 0.6) is 0 Å². The minimum absolute atomic E-state index is 0.0636. The van der Waals surface area contributed by atoms with E-state index in [-0.39, 0.29) is 17.4 Å². The van der Waals surface area contributed by atoms with Crippen molar-refractivity contribution in [3.8, 4) is 0 Å². The minimum Gasteiger partial charge on any atom is -0.373 e. The van der Waals surface area contributed by atoms with Crippen LogP contribution < -0.4 is 5.32 Å². The second-order valence-corrected chi connectivity index (χ2v) is 6.59. The van der Waals surface area contributed by atoms with Crippen LogP contribution in [0.3, 0.4) is 0 Å². The Morgan fingerprint density at radius 3 is 2.89 bits per heavy atom. The molecule has 2 aliphatic heterocycles. The largest absolute Gasteiger partial charge is 0.373 e. The molecule has 0 unspecified atom stereocenters. The Hall–Kier alpha value is -1.51. The lowest BCUT2D eigenvalue weighted by Crippen LogP contribution is -2.49. The summed E-state index contributed by atoms with van der Waals surface area (Å²) in [6.45, 7) is 6.31. The maximum atomic E-state index is 12.6. The number of fused-ring (bicyclic) bond motifs is 1. The van der Waals surface area contributed by atoms with Gasteiger partial charge in [0.15, 0.2) is 0 Å². The van der Waals surface area contributed by atoms with Gasteiger partial charge in [0.2, 0.25) is 5.91 Å². The fourth-order valence-electron chi connectivity index (χ4n) is 3.28. The maximum absolute atomic E-state index is 12.6. The third kappa shape index (κ3) is 2.46. The molecule has 0 aromatic heterocycles. The number of likely N-dealkylation sites (tertiary alicyclic amines) is 1. The molecule has 0 spiro atoms. The number of hydrogen-bond donors (Lipinski definition) is 1. The molecule has 1 saturated heterocycles. The highest BCUT2D eigenvalue weighted by Crippen LogP contribution is 2.31. The van der Waals surface area contributed by atoms with Gasteiger partial charge in [0, 0.05) is 25.2 Å². The van der Waals surface area contributed by atoms with E-state index in [2.05, 4.69) is 31.3 Å². The van der Waals surface area contributed by atoms with Gasteiger partial charge in [-0.1, -0.05) is 32.0 Å². The van der Waals surface area contributed by atoms with Gasteiger partial charge in [0.1, 0.15) is 6.04 Å². The molecule has 3 rings (SSSR count). The molecule has 0 aliphatic carbocycles. The third-order valence-electron chi connectivity index (χ3n) is 4.28. The Morgan fingerprint density at radius 1 is 1.37 bits per heavy atom. The van der Waals surface area contributed by atoms with E-state index in [1.807, 2.05) is 17.0 Å². The number of amides is 1. The zero-order valence-corrected chi connectivity index (χ0v) is 11.8. The van der Waals surface area contributed by atoms with E-state index in [0.29, 0.717) is 0 Å². The van der Waals surface area contributed by atoms with Crippen LogP contribution in [0.25, 0.3) is 0 Å². The topological polar surface area (TPSA) is 32.3 Å². The lowest BCUT2D eigenvalue weighted by atomic mass is 9.84. The number of rotatable bonds is 1. The molecule has 2 aliphatic rings. The van der Waals surface area contributed by atoms with Gasteiger partial charge < -0.3 is 10.2 Å². The number of piperidine rings is 1. The number of carbonyl (C=O) groups is 1.